The summed E-state index contributed by atoms with van der Waals surface area (Å²) in [5.74, 6) is -0.707. The molecule has 166 valence electrons. The second-order valence-corrected chi connectivity index (χ2v) is 8.22. The van der Waals surface area contributed by atoms with Gasteiger partial charge in [0.25, 0.3) is 11.8 Å². The molecule has 0 radical (unpaired) electrons. The maximum Gasteiger partial charge on any atom is 0.274 e. The van der Waals surface area contributed by atoms with Crippen molar-refractivity contribution in [2.75, 3.05) is 10.6 Å². The molecule has 34 heavy (non-hydrogen) atoms. The highest BCUT2D eigenvalue weighted by molar-refractivity contribution is 6.10. The van der Waals surface area contributed by atoms with Gasteiger partial charge in [-0.25, -0.2) is 0 Å². The first-order valence-corrected chi connectivity index (χ1v) is 10.9. The van der Waals surface area contributed by atoms with Gasteiger partial charge in [-0.3, -0.25) is 19.6 Å². The number of nitrogens with one attached hydrogen (secondary N) is 2. The fourth-order valence-corrected chi connectivity index (χ4v) is 3.81. The zero-order valence-corrected chi connectivity index (χ0v) is 18.8. The molecule has 6 heteroatoms. The molecule has 0 unspecified atom stereocenters. The van der Waals surface area contributed by atoms with E-state index in [1.165, 1.54) is 0 Å². The van der Waals surface area contributed by atoms with Crippen molar-refractivity contribution in [2.45, 2.75) is 13.8 Å². The van der Waals surface area contributed by atoms with E-state index < -0.39 is 0 Å². The molecule has 0 aliphatic carbocycles. The van der Waals surface area contributed by atoms with Crippen molar-refractivity contribution in [2.24, 2.45) is 0 Å². The fraction of sp³-hybridized carbons (Fsp3) is 0.0714. The standard InChI is InChI=1S/C28H22N4O2/c1-17-11-23(31-27(33)25-13-19-7-3-5-9-21(19)15-29-25)24(12-18(17)2)32-28(34)26-14-20-8-4-6-10-22(20)16-30-26/h3-16H,1-2H3,(H,31,33)(H,32,34). The lowest BCUT2D eigenvalue weighted by Gasteiger charge is -2.15. The summed E-state index contributed by atoms with van der Waals surface area (Å²) >= 11 is 0. The predicted molar refractivity (Wildman–Crippen MR) is 135 cm³/mol. The summed E-state index contributed by atoms with van der Waals surface area (Å²) in [6, 6.07) is 22.7. The molecule has 5 aromatic rings. The lowest BCUT2D eigenvalue weighted by atomic mass is 10.1. The fourth-order valence-electron chi connectivity index (χ4n) is 3.81. The minimum Gasteiger partial charge on any atom is -0.319 e. The van der Waals surface area contributed by atoms with Crippen LogP contribution in [0.5, 0.6) is 0 Å². The van der Waals surface area contributed by atoms with Crippen molar-refractivity contribution >= 4 is 44.7 Å². The minimum atomic E-state index is -0.353. The van der Waals surface area contributed by atoms with Crippen LogP contribution in [-0.4, -0.2) is 21.8 Å². The Balaban J connectivity index is 1.44. The molecule has 3 aromatic carbocycles. The van der Waals surface area contributed by atoms with Gasteiger partial charge in [-0.15, -0.1) is 0 Å². The number of hydrogen-bond acceptors (Lipinski definition) is 4. The number of carbonyl (C=O) groups is 2. The third-order valence-electron chi connectivity index (χ3n) is 5.86. The number of amides is 2. The highest BCUT2D eigenvalue weighted by Gasteiger charge is 2.16. The highest BCUT2D eigenvalue weighted by Crippen LogP contribution is 2.27. The summed E-state index contributed by atoms with van der Waals surface area (Å²) < 4.78 is 0. The number of nitrogens with zero attached hydrogens (tertiary/aromatic N) is 2. The normalized spacial score (nSPS) is 10.9. The second kappa shape index (κ2) is 8.75. The summed E-state index contributed by atoms with van der Waals surface area (Å²) in [6.07, 6.45) is 3.36. The first-order valence-electron chi connectivity index (χ1n) is 10.9. The van der Waals surface area contributed by atoms with Gasteiger partial charge < -0.3 is 10.6 Å². The van der Waals surface area contributed by atoms with Crippen molar-refractivity contribution in [1.82, 2.24) is 9.97 Å². The van der Waals surface area contributed by atoms with Crippen LogP contribution >= 0.6 is 0 Å². The number of anilines is 2. The van der Waals surface area contributed by atoms with Crippen LogP contribution in [0.3, 0.4) is 0 Å². The van der Waals surface area contributed by atoms with Gasteiger partial charge in [-0.1, -0.05) is 48.5 Å². The molecule has 5 rings (SSSR count). The van der Waals surface area contributed by atoms with E-state index in [0.717, 1.165) is 32.7 Å². The maximum absolute atomic E-state index is 13.0. The van der Waals surface area contributed by atoms with E-state index in [1.54, 1.807) is 24.5 Å². The lowest BCUT2D eigenvalue weighted by molar-refractivity contribution is 0.101. The zero-order valence-electron chi connectivity index (χ0n) is 18.8. The molecule has 0 bridgehead atoms. The van der Waals surface area contributed by atoms with E-state index in [4.69, 9.17) is 0 Å². The number of benzene rings is 3. The first kappa shape index (κ1) is 21.3. The molecular formula is C28H22N4O2. The predicted octanol–water partition coefficient (Wildman–Crippen LogP) is 5.90. The van der Waals surface area contributed by atoms with E-state index in [0.29, 0.717) is 22.8 Å². The number of rotatable bonds is 4. The van der Waals surface area contributed by atoms with Gasteiger partial charge in [0.1, 0.15) is 11.4 Å². The molecule has 2 amide bonds. The van der Waals surface area contributed by atoms with Crippen LogP contribution in [0.1, 0.15) is 32.1 Å². The van der Waals surface area contributed by atoms with E-state index in [-0.39, 0.29) is 11.8 Å². The van der Waals surface area contributed by atoms with Gasteiger partial charge in [-0.05, 0) is 60.0 Å². The molecule has 0 aliphatic rings. The van der Waals surface area contributed by atoms with Gasteiger partial charge >= 0.3 is 0 Å². The molecule has 0 aliphatic heterocycles. The molecule has 2 N–H and O–H groups in total. The minimum absolute atomic E-state index is 0.297. The number of aromatic nitrogens is 2. The third kappa shape index (κ3) is 4.21. The van der Waals surface area contributed by atoms with Crippen LogP contribution in [0.4, 0.5) is 11.4 Å². The summed E-state index contributed by atoms with van der Waals surface area (Å²) in [6.45, 7) is 3.91. The molecule has 0 spiro atoms. The van der Waals surface area contributed by atoms with Crippen molar-refractivity contribution < 1.29 is 9.59 Å². The summed E-state index contributed by atoms with van der Waals surface area (Å²) in [7, 11) is 0. The van der Waals surface area contributed by atoms with E-state index in [2.05, 4.69) is 20.6 Å². The second-order valence-electron chi connectivity index (χ2n) is 8.22. The molecule has 2 aromatic heterocycles. The largest absolute Gasteiger partial charge is 0.319 e. The summed E-state index contributed by atoms with van der Waals surface area (Å²) in [4.78, 5) is 34.6. The van der Waals surface area contributed by atoms with Crippen molar-refractivity contribution in [3.8, 4) is 0 Å². The van der Waals surface area contributed by atoms with Crippen LogP contribution in [0.25, 0.3) is 21.5 Å². The smallest absolute Gasteiger partial charge is 0.274 e. The molecule has 0 atom stereocenters. The number of hydrogen-bond donors (Lipinski definition) is 2. The van der Waals surface area contributed by atoms with Crippen molar-refractivity contribution in [1.29, 1.82) is 0 Å². The monoisotopic (exact) mass is 446 g/mol. The van der Waals surface area contributed by atoms with Gasteiger partial charge in [0.05, 0.1) is 11.4 Å². The zero-order chi connectivity index (χ0) is 23.7. The molecule has 2 heterocycles. The topological polar surface area (TPSA) is 84.0 Å². The van der Waals surface area contributed by atoms with E-state index in [1.807, 2.05) is 74.5 Å². The van der Waals surface area contributed by atoms with Crippen LogP contribution in [0.15, 0.2) is 85.2 Å². The number of fused-ring (bicyclic) bond motifs is 2. The van der Waals surface area contributed by atoms with Crippen LogP contribution < -0.4 is 10.6 Å². The first-order chi connectivity index (χ1) is 16.5. The molecular weight excluding hydrogens is 424 g/mol. The third-order valence-corrected chi connectivity index (χ3v) is 5.86. The summed E-state index contributed by atoms with van der Waals surface area (Å²) in [5, 5.41) is 9.60. The average molecular weight is 447 g/mol. The molecule has 0 saturated carbocycles. The van der Waals surface area contributed by atoms with Crippen LogP contribution in [0.2, 0.25) is 0 Å². The Morgan fingerprint density at radius 3 is 1.38 bits per heavy atom. The van der Waals surface area contributed by atoms with Gasteiger partial charge in [0.2, 0.25) is 0 Å². The quantitative estimate of drug-likeness (QED) is 0.360. The Kier molecular flexibility index (Phi) is 5.47. The SMILES string of the molecule is Cc1cc(NC(=O)c2cc3ccccc3cn2)c(NC(=O)c2cc3ccccc3cn2)cc1C. The Morgan fingerprint density at radius 1 is 0.588 bits per heavy atom. The Hall–Kier alpha value is -4.58. The Labute approximate surface area is 196 Å². The van der Waals surface area contributed by atoms with Gasteiger partial charge in [0, 0.05) is 23.2 Å². The Bertz CT molecular complexity index is 1460. The number of carbonyl (C=O) groups excluding carboxylic acids is 2. The van der Waals surface area contributed by atoms with Crippen LogP contribution in [0, 0.1) is 13.8 Å². The highest BCUT2D eigenvalue weighted by atomic mass is 16.2. The van der Waals surface area contributed by atoms with Gasteiger partial charge in [0.15, 0.2) is 0 Å². The maximum atomic E-state index is 13.0. The number of aryl methyl sites for hydroxylation is 2. The van der Waals surface area contributed by atoms with Crippen LogP contribution in [-0.2, 0) is 0 Å². The Morgan fingerprint density at radius 2 is 0.971 bits per heavy atom. The van der Waals surface area contributed by atoms with Crippen molar-refractivity contribution in [3.63, 3.8) is 0 Å². The van der Waals surface area contributed by atoms with Crippen molar-refractivity contribution in [3.05, 3.63) is 108 Å². The van der Waals surface area contributed by atoms with Gasteiger partial charge in [-0.2, -0.15) is 0 Å². The molecule has 6 nitrogen and oxygen atoms in total. The van der Waals surface area contributed by atoms with E-state index in [9.17, 15) is 9.59 Å². The van der Waals surface area contributed by atoms with E-state index >= 15 is 0 Å². The molecule has 0 saturated heterocycles. The lowest BCUT2D eigenvalue weighted by Crippen LogP contribution is -2.18. The number of pyridine rings is 2. The average Bonchev–Trinajstić information content (AvgIpc) is 2.86. The summed E-state index contributed by atoms with van der Waals surface area (Å²) in [5.41, 5.74) is 3.57. The molecule has 0 fully saturated rings.